The quantitative estimate of drug-likeness (QED) is 0.846. The Morgan fingerprint density at radius 3 is 2.60 bits per heavy atom. The molecular weight excluding hydrogens is 258 g/mol. The molecule has 0 saturated heterocycles. The van der Waals surface area contributed by atoms with E-state index in [-0.39, 0.29) is 0 Å². The molecule has 0 bridgehead atoms. The summed E-state index contributed by atoms with van der Waals surface area (Å²) in [5, 5.41) is 0. The second-order valence-electron chi connectivity index (χ2n) is 3.99. The zero-order valence-electron chi connectivity index (χ0n) is 11.1. The van der Waals surface area contributed by atoms with E-state index in [1.165, 1.54) is 6.26 Å². The van der Waals surface area contributed by atoms with Crippen molar-refractivity contribution < 1.29 is 13.9 Å². The number of oxazole rings is 1. The van der Waals surface area contributed by atoms with E-state index in [0.29, 0.717) is 19.4 Å². The fraction of sp³-hybridized carbons (Fsp3) is 0.267. The molecule has 104 valence electrons. The van der Waals surface area contributed by atoms with Crippen LogP contribution >= 0.6 is 0 Å². The lowest BCUT2D eigenvalue weighted by molar-refractivity contribution is 0.367. The van der Waals surface area contributed by atoms with Crippen LogP contribution in [0.5, 0.6) is 11.5 Å². The van der Waals surface area contributed by atoms with Crippen molar-refractivity contribution in [3.63, 3.8) is 0 Å². The molecule has 0 saturated carbocycles. The molecule has 5 nitrogen and oxygen atoms in total. The Kier molecular flexibility index (Phi) is 4.90. The monoisotopic (exact) mass is 273 g/mol. The summed E-state index contributed by atoms with van der Waals surface area (Å²) >= 11 is 0. The van der Waals surface area contributed by atoms with E-state index in [1.807, 2.05) is 24.3 Å². The number of aromatic amines is 1. The Bertz CT molecular complexity index is 643. The van der Waals surface area contributed by atoms with Crippen LogP contribution in [0, 0.1) is 11.8 Å². The van der Waals surface area contributed by atoms with Gasteiger partial charge in [-0.15, -0.1) is 0 Å². The summed E-state index contributed by atoms with van der Waals surface area (Å²) < 4.78 is 15.1. The fourth-order valence-electron chi connectivity index (χ4n) is 1.56. The van der Waals surface area contributed by atoms with Gasteiger partial charge in [0.2, 0.25) is 0 Å². The molecule has 20 heavy (non-hydrogen) atoms. The smallest absolute Gasteiger partial charge is 0.416 e. The third-order valence-electron chi connectivity index (χ3n) is 2.59. The molecule has 0 amide bonds. The van der Waals surface area contributed by atoms with Gasteiger partial charge in [0.1, 0.15) is 24.4 Å². The van der Waals surface area contributed by atoms with E-state index >= 15 is 0 Å². The van der Waals surface area contributed by atoms with Gasteiger partial charge in [-0.2, -0.15) is 0 Å². The van der Waals surface area contributed by atoms with E-state index in [9.17, 15) is 4.79 Å². The van der Waals surface area contributed by atoms with Crippen LogP contribution in [0.15, 0.2) is 39.7 Å². The topological polar surface area (TPSA) is 64.5 Å². The number of aromatic nitrogens is 1. The Labute approximate surface area is 116 Å². The normalized spacial score (nSPS) is 9.65. The number of nitrogens with one attached hydrogen (secondary N) is 1. The summed E-state index contributed by atoms with van der Waals surface area (Å²) in [6, 6.07) is 7.32. The van der Waals surface area contributed by atoms with Gasteiger partial charge in [0, 0.05) is 12.8 Å². The van der Waals surface area contributed by atoms with Crippen LogP contribution in [0.2, 0.25) is 0 Å². The number of methoxy groups -OCH3 is 1. The predicted molar refractivity (Wildman–Crippen MR) is 73.9 cm³/mol. The van der Waals surface area contributed by atoms with Crippen molar-refractivity contribution >= 4 is 0 Å². The van der Waals surface area contributed by atoms with Gasteiger partial charge in [-0.1, -0.05) is 11.8 Å². The van der Waals surface area contributed by atoms with Gasteiger partial charge in [-0.05, 0) is 24.3 Å². The minimum absolute atomic E-state index is 0.328. The first-order chi connectivity index (χ1) is 9.78. The zero-order valence-corrected chi connectivity index (χ0v) is 11.1. The van der Waals surface area contributed by atoms with Crippen molar-refractivity contribution in [1.29, 1.82) is 0 Å². The second kappa shape index (κ2) is 7.10. The summed E-state index contributed by atoms with van der Waals surface area (Å²) in [5.74, 6) is 6.99. The Morgan fingerprint density at radius 2 is 1.95 bits per heavy atom. The van der Waals surface area contributed by atoms with Crippen LogP contribution in [-0.2, 0) is 6.42 Å². The molecule has 0 atom stereocenters. The number of H-pyrrole nitrogens is 1. The third kappa shape index (κ3) is 4.25. The number of benzene rings is 1. The highest BCUT2D eigenvalue weighted by Gasteiger charge is 1.95. The summed E-state index contributed by atoms with van der Waals surface area (Å²) in [5.41, 5.74) is 0.750. The maximum atomic E-state index is 10.7. The molecule has 2 aromatic rings. The number of ether oxygens (including phenoxy) is 2. The lowest BCUT2D eigenvalue weighted by Crippen LogP contribution is -1.97. The predicted octanol–water partition coefficient (Wildman–Crippen LogP) is 1.99. The summed E-state index contributed by atoms with van der Waals surface area (Å²) in [6.07, 6.45) is 2.71. The SMILES string of the molecule is COc1ccc(OCC#CCCc2coc(=O)[nH]2)cc1. The van der Waals surface area contributed by atoms with Gasteiger partial charge in [-0.25, -0.2) is 4.79 Å². The summed E-state index contributed by atoms with van der Waals surface area (Å²) in [6.45, 7) is 0.328. The molecule has 0 aliphatic rings. The lowest BCUT2D eigenvalue weighted by Gasteiger charge is -2.03. The van der Waals surface area contributed by atoms with Crippen molar-refractivity contribution in [2.24, 2.45) is 0 Å². The highest BCUT2D eigenvalue weighted by atomic mass is 16.5. The average molecular weight is 273 g/mol. The van der Waals surface area contributed by atoms with Crippen molar-refractivity contribution in [2.45, 2.75) is 12.8 Å². The van der Waals surface area contributed by atoms with Crippen LogP contribution in [0.3, 0.4) is 0 Å². The van der Waals surface area contributed by atoms with E-state index in [1.54, 1.807) is 7.11 Å². The highest BCUT2D eigenvalue weighted by molar-refractivity contribution is 5.31. The fourth-order valence-corrected chi connectivity index (χ4v) is 1.56. The van der Waals surface area contributed by atoms with Crippen LogP contribution in [-0.4, -0.2) is 18.7 Å². The molecule has 1 aromatic carbocycles. The first-order valence-electron chi connectivity index (χ1n) is 6.17. The molecular formula is C15H15NO4. The summed E-state index contributed by atoms with van der Waals surface area (Å²) in [7, 11) is 1.62. The van der Waals surface area contributed by atoms with Crippen molar-refractivity contribution in [2.75, 3.05) is 13.7 Å². The number of hydrogen-bond acceptors (Lipinski definition) is 4. The molecule has 0 fully saturated rings. The van der Waals surface area contributed by atoms with E-state index in [2.05, 4.69) is 21.2 Å². The van der Waals surface area contributed by atoms with Gasteiger partial charge in [0.25, 0.3) is 0 Å². The third-order valence-corrected chi connectivity index (χ3v) is 2.59. The van der Waals surface area contributed by atoms with Crippen molar-refractivity contribution in [3.05, 3.63) is 46.8 Å². The van der Waals surface area contributed by atoms with Crippen LogP contribution in [0.25, 0.3) is 0 Å². The minimum atomic E-state index is -0.434. The maximum absolute atomic E-state index is 10.7. The number of hydrogen-bond donors (Lipinski definition) is 1. The Balaban J connectivity index is 1.70. The van der Waals surface area contributed by atoms with Gasteiger partial charge in [-0.3, -0.25) is 4.98 Å². The van der Waals surface area contributed by atoms with Gasteiger partial charge >= 0.3 is 5.76 Å². The van der Waals surface area contributed by atoms with E-state index < -0.39 is 5.76 Å². The molecule has 1 heterocycles. The average Bonchev–Trinajstić information content (AvgIpc) is 2.89. The first-order valence-corrected chi connectivity index (χ1v) is 6.17. The summed E-state index contributed by atoms with van der Waals surface area (Å²) in [4.78, 5) is 13.3. The van der Waals surface area contributed by atoms with Gasteiger partial charge in [0.15, 0.2) is 0 Å². The lowest BCUT2D eigenvalue weighted by atomic mass is 10.2. The second-order valence-corrected chi connectivity index (χ2v) is 3.99. The number of aryl methyl sites for hydroxylation is 1. The maximum Gasteiger partial charge on any atom is 0.416 e. The van der Waals surface area contributed by atoms with Gasteiger partial charge in [0.05, 0.1) is 12.8 Å². The molecule has 0 spiro atoms. The standard InChI is InChI=1S/C15H15NO4/c1-18-13-6-8-14(9-7-13)19-10-4-2-3-5-12-11-20-15(17)16-12/h6-9,11H,3,5,10H2,1H3,(H,16,17). The molecule has 0 aliphatic carbocycles. The Hall–Kier alpha value is -2.61. The highest BCUT2D eigenvalue weighted by Crippen LogP contribution is 2.16. The van der Waals surface area contributed by atoms with E-state index in [0.717, 1.165) is 17.2 Å². The van der Waals surface area contributed by atoms with Crippen LogP contribution < -0.4 is 15.2 Å². The van der Waals surface area contributed by atoms with Crippen LogP contribution in [0.1, 0.15) is 12.1 Å². The zero-order chi connectivity index (χ0) is 14.2. The molecule has 2 rings (SSSR count). The first kappa shape index (κ1) is 13.8. The molecule has 1 aromatic heterocycles. The molecule has 1 N–H and O–H groups in total. The minimum Gasteiger partial charge on any atom is -0.497 e. The van der Waals surface area contributed by atoms with Gasteiger partial charge < -0.3 is 13.9 Å². The van der Waals surface area contributed by atoms with E-state index in [4.69, 9.17) is 9.47 Å². The van der Waals surface area contributed by atoms with Crippen molar-refractivity contribution in [3.8, 4) is 23.3 Å². The largest absolute Gasteiger partial charge is 0.497 e. The molecule has 0 aliphatic heterocycles. The number of rotatable bonds is 5. The Morgan fingerprint density at radius 1 is 1.20 bits per heavy atom. The molecule has 0 unspecified atom stereocenters. The van der Waals surface area contributed by atoms with Crippen LogP contribution in [0.4, 0.5) is 0 Å². The molecule has 0 radical (unpaired) electrons. The molecule has 5 heteroatoms. The van der Waals surface area contributed by atoms with Crippen molar-refractivity contribution in [1.82, 2.24) is 4.98 Å².